The number of nitrogens with zero attached hydrogens (tertiary/aromatic N) is 1. The van der Waals surface area contributed by atoms with E-state index in [0.29, 0.717) is 38.6 Å². The van der Waals surface area contributed by atoms with Gasteiger partial charge in [0.25, 0.3) is 0 Å². The number of unbranched alkanes of at least 4 members (excludes halogenated alkanes) is 2. The fraction of sp³-hybridized carbons (Fsp3) is 0.609. The second kappa shape index (κ2) is 27.5. The van der Waals surface area contributed by atoms with E-state index in [-0.39, 0.29) is 37.5 Å². The number of rotatable bonds is 16. The number of hydrogen-bond donors (Lipinski definition) is 4. The maximum atomic E-state index is 11.5. The molecule has 4 N–H and O–H groups in total. The largest absolute Gasteiger partial charge is 0.445 e. The molecule has 206 valence electrons. The zero-order valence-electron chi connectivity index (χ0n) is 21.9. The van der Waals surface area contributed by atoms with E-state index >= 15 is 0 Å². The summed E-state index contributed by atoms with van der Waals surface area (Å²) < 4.78 is 4.41. The molecule has 0 saturated carbocycles. The molecule has 5 amide bonds. The maximum absolute atomic E-state index is 11.5. The van der Waals surface area contributed by atoms with Gasteiger partial charge >= 0.3 is 5.97 Å². The molecule has 0 aliphatic heterocycles. The molecule has 0 heterocycles. The van der Waals surface area contributed by atoms with Crippen LogP contribution in [0.2, 0.25) is 0 Å². The van der Waals surface area contributed by atoms with Crippen molar-refractivity contribution < 1.29 is 38.3 Å². The van der Waals surface area contributed by atoms with Gasteiger partial charge in [0, 0.05) is 39.6 Å². The lowest BCUT2D eigenvalue weighted by Crippen LogP contribution is -2.36. The predicted octanol–water partition coefficient (Wildman–Crippen LogP) is -0.592. The van der Waals surface area contributed by atoms with Crippen LogP contribution in [0.1, 0.15) is 53.4 Å². The fourth-order valence-corrected chi connectivity index (χ4v) is 2.11. The Labute approximate surface area is 212 Å². The van der Waals surface area contributed by atoms with Crippen molar-refractivity contribution in [3.8, 4) is 0 Å². The molecule has 36 heavy (non-hydrogen) atoms. The zero-order valence-corrected chi connectivity index (χ0v) is 21.9. The van der Waals surface area contributed by atoms with E-state index in [9.17, 15) is 33.6 Å². The summed E-state index contributed by atoms with van der Waals surface area (Å²) in [5.41, 5.74) is 0. The average Bonchev–Trinajstić information content (AvgIpc) is 2.86. The van der Waals surface area contributed by atoms with Gasteiger partial charge in [-0.15, -0.1) is 0 Å². The maximum Gasteiger partial charge on any atom is 0.304 e. The lowest BCUT2D eigenvalue weighted by atomic mass is 10.2. The number of ether oxygens (including phenoxy) is 1. The third kappa shape index (κ3) is 28.3. The number of amides is 5. The number of carbonyl (C=O) groups is 7. The Kier molecular flexibility index (Phi) is 28.1. The van der Waals surface area contributed by atoms with Gasteiger partial charge in [-0.25, -0.2) is 0 Å². The number of nitrogens with one attached hydrogen (secondary N) is 4. The van der Waals surface area contributed by atoms with Gasteiger partial charge in [0.2, 0.25) is 30.0 Å². The van der Waals surface area contributed by atoms with E-state index in [4.69, 9.17) is 0 Å². The lowest BCUT2D eigenvalue weighted by molar-refractivity contribution is -0.143. The summed E-state index contributed by atoms with van der Waals surface area (Å²) in [4.78, 5) is 76.3. The second-order valence-corrected chi connectivity index (χ2v) is 6.67. The Morgan fingerprint density at radius 3 is 2.06 bits per heavy atom. The van der Waals surface area contributed by atoms with E-state index in [1.807, 2.05) is 20.8 Å². The van der Waals surface area contributed by atoms with Crippen LogP contribution in [0.5, 0.6) is 0 Å². The fourth-order valence-electron chi connectivity index (χ4n) is 2.11. The Morgan fingerprint density at radius 2 is 1.50 bits per heavy atom. The smallest absolute Gasteiger partial charge is 0.304 e. The summed E-state index contributed by atoms with van der Waals surface area (Å²) in [5.74, 6) is -1.45. The van der Waals surface area contributed by atoms with Gasteiger partial charge in [0.1, 0.15) is 6.29 Å². The number of aldehydes is 1. The molecular formula is C23H41N5O8. The molecular weight excluding hydrogens is 474 g/mol. The number of likely N-dealkylation sites (N-methyl/N-ethyl adjacent to an activating group) is 2. The molecule has 13 heteroatoms. The van der Waals surface area contributed by atoms with Crippen LogP contribution in [-0.2, 0) is 38.3 Å². The van der Waals surface area contributed by atoms with Crippen molar-refractivity contribution in [3.05, 3.63) is 12.2 Å². The van der Waals surface area contributed by atoms with Crippen LogP contribution in [0.4, 0.5) is 0 Å². The summed E-state index contributed by atoms with van der Waals surface area (Å²) >= 11 is 0. The average molecular weight is 516 g/mol. The molecule has 0 saturated heterocycles. The number of carbonyl (C=O) groups excluding carboxylic acids is 7. The van der Waals surface area contributed by atoms with Crippen LogP contribution in [0.15, 0.2) is 12.2 Å². The zero-order chi connectivity index (χ0) is 28.2. The van der Waals surface area contributed by atoms with E-state index in [0.717, 1.165) is 18.9 Å². The first-order valence-electron chi connectivity index (χ1n) is 11.6. The van der Waals surface area contributed by atoms with Crippen LogP contribution in [0.3, 0.4) is 0 Å². The van der Waals surface area contributed by atoms with Crippen molar-refractivity contribution in [2.75, 3.05) is 40.0 Å². The molecule has 0 spiro atoms. The van der Waals surface area contributed by atoms with Gasteiger partial charge < -0.3 is 30.9 Å². The summed E-state index contributed by atoms with van der Waals surface area (Å²) in [6, 6.07) is 0. The molecule has 0 aliphatic rings. The lowest BCUT2D eigenvalue weighted by Gasteiger charge is -2.14. The van der Waals surface area contributed by atoms with Crippen LogP contribution in [-0.4, -0.2) is 87.2 Å². The van der Waals surface area contributed by atoms with Gasteiger partial charge in [-0.1, -0.05) is 20.3 Å². The van der Waals surface area contributed by atoms with Crippen molar-refractivity contribution >= 4 is 42.3 Å². The number of hydrogen-bond acceptors (Lipinski definition) is 8. The molecule has 0 radical (unpaired) electrons. The summed E-state index contributed by atoms with van der Waals surface area (Å²) in [6.07, 6.45) is 6.01. The molecule has 0 bridgehead atoms. The van der Waals surface area contributed by atoms with E-state index in [2.05, 4.69) is 26.0 Å². The van der Waals surface area contributed by atoms with Crippen molar-refractivity contribution in [2.45, 2.75) is 53.4 Å². The Morgan fingerprint density at radius 1 is 0.861 bits per heavy atom. The first-order chi connectivity index (χ1) is 17.2. The van der Waals surface area contributed by atoms with Crippen LogP contribution < -0.4 is 21.3 Å². The minimum absolute atomic E-state index is 0.00692. The minimum atomic E-state index is -0.473. The number of esters is 1. The standard InChI is InChI=1S/C15H25N3O4.C6H10N2O4.C2H6/c1-3-16-14(21)12-17-13(20)8-5-4-6-10-18(2)15(22)9-7-11-19;1-5(10)12-4-8-6(11)2-7-3-9;1-2/h7,9,11H,3-6,8,10,12H2,1-2H3,(H,16,21)(H,17,20);3H,2,4H2,1H3,(H,7,9)(H,8,11);1-2H3/b9-7-;;. The second-order valence-electron chi connectivity index (χ2n) is 6.67. The van der Waals surface area contributed by atoms with Crippen LogP contribution in [0.25, 0.3) is 0 Å². The normalized spacial score (nSPS) is 9.25. The molecule has 0 aliphatic carbocycles. The van der Waals surface area contributed by atoms with Gasteiger partial charge in [0.05, 0.1) is 13.1 Å². The molecule has 0 aromatic heterocycles. The highest BCUT2D eigenvalue weighted by Gasteiger charge is 2.06. The summed E-state index contributed by atoms with van der Waals surface area (Å²) in [5, 5.41) is 9.55. The Bertz CT molecular complexity index is 698. The van der Waals surface area contributed by atoms with E-state index in [1.54, 1.807) is 7.05 Å². The highest BCUT2D eigenvalue weighted by Crippen LogP contribution is 2.01. The van der Waals surface area contributed by atoms with Crippen molar-refractivity contribution in [1.29, 1.82) is 0 Å². The third-order valence-electron chi connectivity index (χ3n) is 3.80. The van der Waals surface area contributed by atoms with Gasteiger partial charge in [-0.05, 0) is 25.8 Å². The highest BCUT2D eigenvalue weighted by atomic mass is 16.5. The van der Waals surface area contributed by atoms with Crippen LogP contribution >= 0.6 is 0 Å². The topological polar surface area (TPSA) is 180 Å². The first-order valence-corrected chi connectivity index (χ1v) is 11.6. The monoisotopic (exact) mass is 515 g/mol. The summed E-state index contributed by atoms with van der Waals surface area (Å²) in [7, 11) is 1.66. The molecule has 0 unspecified atom stereocenters. The molecule has 0 fully saturated rings. The highest BCUT2D eigenvalue weighted by molar-refractivity contribution is 5.90. The molecule has 0 rings (SSSR count). The molecule has 0 aromatic rings. The van der Waals surface area contributed by atoms with Crippen molar-refractivity contribution in [1.82, 2.24) is 26.2 Å². The third-order valence-corrected chi connectivity index (χ3v) is 3.80. The van der Waals surface area contributed by atoms with Crippen molar-refractivity contribution in [2.24, 2.45) is 0 Å². The summed E-state index contributed by atoms with van der Waals surface area (Å²) in [6.45, 7) is 7.88. The Balaban J connectivity index is -0.000000656. The van der Waals surface area contributed by atoms with E-state index in [1.165, 1.54) is 17.9 Å². The van der Waals surface area contributed by atoms with Crippen LogP contribution in [0, 0.1) is 0 Å². The molecule has 0 aromatic carbocycles. The SMILES string of the molecule is CC.CC(=O)OCNC(=O)CNC=O.CCNC(=O)CNC(=O)CCCCCN(C)C(=O)/C=C\C=O. The first kappa shape index (κ1) is 36.8. The van der Waals surface area contributed by atoms with E-state index < -0.39 is 11.9 Å². The molecule has 13 nitrogen and oxygen atoms in total. The Hall–Kier alpha value is -3.77. The van der Waals surface area contributed by atoms with Gasteiger partial charge in [0.15, 0.2) is 6.73 Å². The van der Waals surface area contributed by atoms with Gasteiger partial charge in [-0.2, -0.15) is 0 Å². The predicted molar refractivity (Wildman–Crippen MR) is 133 cm³/mol. The van der Waals surface area contributed by atoms with Crippen molar-refractivity contribution in [3.63, 3.8) is 0 Å². The minimum Gasteiger partial charge on any atom is -0.445 e. The number of allylic oxidation sites excluding steroid dienone is 1. The quantitative estimate of drug-likeness (QED) is 0.0692. The molecule has 0 atom stereocenters. The van der Waals surface area contributed by atoms with Gasteiger partial charge in [-0.3, -0.25) is 33.6 Å².